The second-order valence-corrected chi connectivity index (χ2v) is 2.97. The predicted molar refractivity (Wildman–Crippen MR) is 29.4 cm³/mol. The summed E-state index contributed by atoms with van der Waals surface area (Å²) < 4.78 is 1.03. The van der Waals surface area contributed by atoms with Crippen molar-refractivity contribution in [3.05, 3.63) is 0 Å². The first kappa shape index (κ1) is 4.52. The molecule has 0 aromatic rings. The standard InChI is InChI=1S/C2H5PS/c1-2(3)4/h3H2,1H3/p+1. The van der Waals surface area contributed by atoms with Crippen LogP contribution in [0, 0.1) is 0 Å². The first-order valence-electron chi connectivity index (χ1n) is 1.06. The quantitative estimate of drug-likeness (QED) is 0.317. The lowest BCUT2D eigenvalue weighted by molar-refractivity contribution is 2.12. The molecule has 0 saturated carbocycles. The van der Waals surface area contributed by atoms with Crippen molar-refractivity contribution in [2.75, 3.05) is 0 Å². The number of rotatable bonds is 0. The van der Waals surface area contributed by atoms with Gasteiger partial charge in [0.15, 0.2) is 0 Å². The van der Waals surface area contributed by atoms with Gasteiger partial charge in [-0.2, -0.15) is 0 Å². The number of hydrogen-bond donors (Lipinski definition) is 0. The first-order valence-corrected chi connectivity index (χ1v) is 2.17. The van der Waals surface area contributed by atoms with Crippen molar-refractivity contribution in [1.82, 2.24) is 0 Å². The maximum absolute atomic E-state index is 4.55. The van der Waals surface area contributed by atoms with E-state index in [1.54, 1.807) is 9.24 Å². The van der Waals surface area contributed by atoms with Crippen molar-refractivity contribution >= 4 is 26.1 Å². The third-order valence-electron chi connectivity index (χ3n) is 0. The average molecular weight is 93.1 g/mol. The highest BCUT2D eigenvalue weighted by Crippen LogP contribution is 1.81. The molecule has 1 unspecified atom stereocenters. The fraction of sp³-hybridized carbons (Fsp3) is 0.500. The topological polar surface area (TPSA) is 0 Å². The summed E-state index contributed by atoms with van der Waals surface area (Å²) in [5.41, 5.74) is 0. The lowest BCUT2D eigenvalue weighted by Gasteiger charge is -1.52. The molecule has 0 spiro atoms. The van der Waals surface area contributed by atoms with Crippen LogP contribution in [0.3, 0.4) is 0 Å². The molecule has 0 bridgehead atoms. The van der Waals surface area contributed by atoms with Crippen LogP contribution < -0.4 is 0 Å². The molecule has 0 amide bonds. The molecule has 1 atom stereocenters. The Balaban J connectivity index is 2.80. The van der Waals surface area contributed by atoms with E-state index >= 15 is 0 Å². The van der Waals surface area contributed by atoms with E-state index in [0.29, 0.717) is 0 Å². The summed E-state index contributed by atoms with van der Waals surface area (Å²) in [4.78, 5) is 0. The molecule has 0 aliphatic carbocycles. The summed E-state index contributed by atoms with van der Waals surface area (Å²) in [6, 6.07) is 0. The van der Waals surface area contributed by atoms with Crippen LogP contribution in [0.2, 0.25) is 0 Å². The Morgan fingerprint density at radius 1 is 2.00 bits per heavy atom. The molecule has 2 heteroatoms. The van der Waals surface area contributed by atoms with Crippen molar-refractivity contribution in [1.29, 1.82) is 0 Å². The number of thiocarbonyl (C=S) groups is 1. The van der Waals surface area contributed by atoms with E-state index in [4.69, 9.17) is 0 Å². The van der Waals surface area contributed by atoms with Crippen LogP contribution in [0.1, 0.15) is 6.92 Å². The van der Waals surface area contributed by atoms with E-state index < -0.39 is 0 Å². The van der Waals surface area contributed by atoms with Gasteiger partial charge in [0.1, 0.15) is 4.61 Å². The van der Waals surface area contributed by atoms with Gasteiger partial charge >= 0.3 is 0 Å². The second-order valence-electron chi connectivity index (χ2n) is 0.702. The highest BCUT2D eigenvalue weighted by molar-refractivity contribution is 7.89. The van der Waals surface area contributed by atoms with Gasteiger partial charge in [0.05, 0.1) is 0 Å². The summed E-state index contributed by atoms with van der Waals surface area (Å²) in [6.45, 7) is 1.91. The minimum atomic E-state index is 1.03. The third kappa shape index (κ3) is 21.5. The second kappa shape index (κ2) is 1.80. The molecular weight excluding hydrogens is 87.1 g/mol. The Labute approximate surface area is 33.8 Å². The van der Waals surface area contributed by atoms with Crippen LogP contribution in [0.5, 0.6) is 0 Å². The fourth-order valence-corrected chi connectivity index (χ4v) is 0. The Kier molecular flexibility index (Phi) is 2.04. The Hall–Kier alpha value is 0.520. The average Bonchev–Trinajstić information content (AvgIpc) is 0.811. The summed E-state index contributed by atoms with van der Waals surface area (Å²) in [5, 5.41) is 0. The zero-order chi connectivity index (χ0) is 3.58. The zero-order valence-electron chi connectivity index (χ0n) is 2.62. The van der Waals surface area contributed by atoms with Gasteiger partial charge in [-0.15, -0.1) is 0 Å². The highest BCUT2D eigenvalue weighted by atomic mass is 32.1. The molecule has 0 fully saturated rings. The molecule has 0 aliphatic heterocycles. The minimum absolute atomic E-state index is 1.03. The SMILES string of the molecule is CC([PH3+])=S. The maximum atomic E-state index is 4.55. The fourth-order valence-electron chi connectivity index (χ4n) is 0. The van der Waals surface area contributed by atoms with Gasteiger partial charge in [0.2, 0.25) is 0 Å². The van der Waals surface area contributed by atoms with Crippen molar-refractivity contribution in [3.8, 4) is 0 Å². The monoisotopic (exact) mass is 93.0 g/mol. The molecule has 0 radical (unpaired) electrons. The predicted octanol–water partition coefficient (Wildman–Crippen LogP) is 0.941. The van der Waals surface area contributed by atoms with Gasteiger partial charge in [-0.05, 0) is 12.2 Å². The van der Waals surface area contributed by atoms with Gasteiger partial charge < -0.3 is 0 Å². The Morgan fingerprint density at radius 2 is 2.00 bits per heavy atom. The van der Waals surface area contributed by atoms with E-state index in [1.807, 2.05) is 6.92 Å². The van der Waals surface area contributed by atoms with E-state index in [9.17, 15) is 0 Å². The van der Waals surface area contributed by atoms with Gasteiger partial charge in [-0.3, -0.25) is 0 Å². The van der Waals surface area contributed by atoms with E-state index in [1.165, 1.54) is 0 Å². The number of hydrogen-bond acceptors (Lipinski definition) is 1. The Morgan fingerprint density at radius 3 is 2.00 bits per heavy atom. The summed E-state index contributed by atoms with van der Waals surface area (Å²) in [7, 11) is 1.73. The summed E-state index contributed by atoms with van der Waals surface area (Å²) in [6.07, 6.45) is 0. The van der Waals surface area contributed by atoms with Crippen LogP contribution in [0.4, 0.5) is 0 Å². The molecule has 0 rings (SSSR count). The molecule has 0 heterocycles. The first-order chi connectivity index (χ1) is 1.73. The molecule has 0 aromatic carbocycles. The van der Waals surface area contributed by atoms with Gasteiger partial charge in [0, 0.05) is 16.2 Å². The van der Waals surface area contributed by atoms with Crippen LogP contribution in [-0.2, 0) is 0 Å². The van der Waals surface area contributed by atoms with Crippen LogP contribution in [-0.4, -0.2) is 4.61 Å². The maximum Gasteiger partial charge on any atom is 0.123 e. The lowest BCUT2D eigenvalue weighted by Crippen LogP contribution is -1.53. The van der Waals surface area contributed by atoms with Crippen molar-refractivity contribution < 1.29 is 0 Å². The minimum Gasteiger partial charge on any atom is -0.0446 e. The normalized spacial score (nSPS) is 7.25. The van der Waals surface area contributed by atoms with Crippen molar-refractivity contribution in [2.24, 2.45) is 0 Å². The van der Waals surface area contributed by atoms with Crippen molar-refractivity contribution in [3.63, 3.8) is 0 Å². The molecule has 0 aliphatic rings. The zero-order valence-corrected chi connectivity index (χ0v) is 4.85. The molecule has 0 aromatic heterocycles. The summed E-state index contributed by atoms with van der Waals surface area (Å²) >= 11 is 4.55. The van der Waals surface area contributed by atoms with Crippen LogP contribution in [0.15, 0.2) is 0 Å². The van der Waals surface area contributed by atoms with E-state index in [2.05, 4.69) is 12.2 Å². The highest BCUT2D eigenvalue weighted by Gasteiger charge is 1.64. The molecule has 0 saturated heterocycles. The van der Waals surface area contributed by atoms with Gasteiger partial charge in [0.25, 0.3) is 0 Å². The summed E-state index contributed by atoms with van der Waals surface area (Å²) in [5.74, 6) is 0. The molecule has 0 nitrogen and oxygen atoms in total. The Bertz CT molecular complexity index is 29.0. The largest absolute Gasteiger partial charge is 0.123 e. The third-order valence-corrected chi connectivity index (χ3v) is 0. The molecule has 4 heavy (non-hydrogen) atoms. The lowest BCUT2D eigenvalue weighted by atomic mass is 11.0. The van der Waals surface area contributed by atoms with E-state index in [-0.39, 0.29) is 0 Å². The van der Waals surface area contributed by atoms with Gasteiger partial charge in [-0.1, -0.05) is 0 Å². The molecule has 0 N–H and O–H groups in total. The van der Waals surface area contributed by atoms with Gasteiger partial charge in [-0.25, -0.2) is 0 Å². The van der Waals surface area contributed by atoms with Crippen LogP contribution in [0.25, 0.3) is 0 Å². The van der Waals surface area contributed by atoms with E-state index in [0.717, 1.165) is 4.61 Å². The molecular formula is C2H6PS+. The van der Waals surface area contributed by atoms with Crippen LogP contribution >= 0.6 is 21.5 Å². The smallest absolute Gasteiger partial charge is 0.0446 e. The van der Waals surface area contributed by atoms with Crippen molar-refractivity contribution in [2.45, 2.75) is 6.92 Å². The molecule has 24 valence electrons.